The fourth-order valence-corrected chi connectivity index (χ4v) is 2.43. The summed E-state index contributed by atoms with van der Waals surface area (Å²) in [7, 11) is 0. The van der Waals surface area contributed by atoms with Gasteiger partial charge in [-0.2, -0.15) is 0 Å². The zero-order valence-corrected chi connectivity index (χ0v) is 11.2. The Hall–Kier alpha value is -1.76. The van der Waals surface area contributed by atoms with Crippen LogP contribution in [0.1, 0.15) is 19.8 Å². The SMILES string of the molecule is CC1(CNc2c([N+](=O)[O-])ccc(F)c2F)CCCNC1. The Bertz CT molecular complexity index is 517. The number of nitro groups is 1. The molecule has 1 saturated heterocycles. The third-order valence-electron chi connectivity index (χ3n) is 3.65. The Labute approximate surface area is 115 Å². The van der Waals surface area contributed by atoms with E-state index in [1.54, 1.807) is 0 Å². The molecule has 0 spiro atoms. The third kappa shape index (κ3) is 3.04. The van der Waals surface area contributed by atoms with E-state index >= 15 is 0 Å². The molecular weight excluding hydrogens is 268 g/mol. The summed E-state index contributed by atoms with van der Waals surface area (Å²) in [6, 6.07) is 1.74. The minimum atomic E-state index is -1.20. The fourth-order valence-electron chi connectivity index (χ4n) is 2.43. The molecule has 110 valence electrons. The van der Waals surface area contributed by atoms with Crippen LogP contribution in [0.4, 0.5) is 20.2 Å². The van der Waals surface area contributed by atoms with Crippen LogP contribution in [0.25, 0.3) is 0 Å². The van der Waals surface area contributed by atoms with Gasteiger partial charge in [0.25, 0.3) is 5.69 Å². The van der Waals surface area contributed by atoms with Crippen molar-refractivity contribution in [2.45, 2.75) is 19.8 Å². The maximum Gasteiger partial charge on any atom is 0.295 e. The van der Waals surface area contributed by atoms with Crippen molar-refractivity contribution in [2.75, 3.05) is 25.0 Å². The van der Waals surface area contributed by atoms with Crippen LogP contribution in [0.2, 0.25) is 0 Å². The second-order valence-corrected chi connectivity index (χ2v) is 5.46. The van der Waals surface area contributed by atoms with Crippen molar-refractivity contribution in [1.82, 2.24) is 5.32 Å². The molecule has 2 rings (SSSR count). The predicted molar refractivity (Wildman–Crippen MR) is 71.7 cm³/mol. The van der Waals surface area contributed by atoms with Crippen LogP contribution < -0.4 is 10.6 Å². The van der Waals surface area contributed by atoms with Gasteiger partial charge in [-0.1, -0.05) is 6.92 Å². The first-order chi connectivity index (χ1) is 9.43. The minimum absolute atomic E-state index is 0.134. The van der Waals surface area contributed by atoms with Crippen molar-refractivity contribution >= 4 is 11.4 Å². The van der Waals surface area contributed by atoms with Crippen molar-refractivity contribution in [3.8, 4) is 0 Å². The Morgan fingerprint density at radius 2 is 2.25 bits per heavy atom. The van der Waals surface area contributed by atoms with E-state index in [1.807, 2.05) is 6.92 Å². The highest BCUT2D eigenvalue weighted by molar-refractivity contribution is 5.62. The number of halogens is 2. The van der Waals surface area contributed by atoms with Gasteiger partial charge < -0.3 is 10.6 Å². The number of nitrogens with zero attached hydrogens (tertiary/aromatic N) is 1. The summed E-state index contributed by atoms with van der Waals surface area (Å²) in [6.07, 6.45) is 1.92. The van der Waals surface area contributed by atoms with Crippen LogP contribution >= 0.6 is 0 Å². The lowest BCUT2D eigenvalue weighted by atomic mass is 9.83. The van der Waals surface area contributed by atoms with E-state index in [4.69, 9.17) is 0 Å². The summed E-state index contributed by atoms with van der Waals surface area (Å²) >= 11 is 0. The van der Waals surface area contributed by atoms with E-state index in [0.717, 1.165) is 38.1 Å². The zero-order valence-electron chi connectivity index (χ0n) is 11.2. The molecular formula is C13H17F2N3O2. The quantitative estimate of drug-likeness (QED) is 0.659. The lowest BCUT2D eigenvalue weighted by Gasteiger charge is -2.34. The summed E-state index contributed by atoms with van der Waals surface area (Å²) in [6.45, 7) is 4.03. The first-order valence-electron chi connectivity index (χ1n) is 6.50. The van der Waals surface area contributed by atoms with E-state index in [9.17, 15) is 18.9 Å². The number of nitro benzene ring substituents is 1. The second-order valence-electron chi connectivity index (χ2n) is 5.46. The molecule has 1 aromatic rings. The Kier molecular flexibility index (Phi) is 4.17. The van der Waals surface area contributed by atoms with Crippen molar-refractivity contribution in [2.24, 2.45) is 5.41 Å². The van der Waals surface area contributed by atoms with Crippen LogP contribution in [0.15, 0.2) is 12.1 Å². The van der Waals surface area contributed by atoms with Gasteiger partial charge >= 0.3 is 0 Å². The first-order valence-corrected chi connectivity index (χ1v) is 6.50. The maximum absolute atomic E-state index is 13.7. The molecule has 1 heterocycles. The van der Waals surface area contributed by atoms with Gasteiger partial charge in [-0.25, -0.2) is 8.78 Å². The number of benzene rings is 1. The van der Waals surface area contributed by atoms with Crippen molar-refractivity contribution < 1.29 is 13.7 Å². The van der Waals surface area contributed by atoms with E-state index < -0.39 is 22.2 Å². The highest BCUT2D eigenvalue weighted by Crippen LogP contribution is 2.32. The highest BCUT2D eigenvalue weighted by atomic mass is 19.2. The van der Waals surface area contributed by atoms with Gasteiger partial charge in [-0.3, -0.25) is 10.1 Å². The molecule has 1 fully saturated rings. The average Bonchev–Trinajstić information content (AvgIpc) is 2.41. The van der Waals surface area contributed by atoms with Crippen molar-refractivity contribution in [1.29, 1.82) is 0 Å². The Morgan fingerprint density at radius 1 is 1.50 bits per heavy atom. The summed E-state index contributed by atoms with van der Waals surface area (Å²) in [5, 5.41) is 16.8. The lowest BCUT2D eigenvalue weighted by molar-refractivity contribution is -0.384. The molecule has 0 aromatic heterocycles. The zero-order chi connectivity index (χ0) is 14.8. The molecule has 0 bridgehead atoms. The molecule has 0 radical (unpaired) electrons. The molecule has 1 atom stereocenters. The lowest BCUT2D eigenvalue weighted by Crippen LogP contribution is -2.42. The molecule has 0 saturated carbocycles. The third-order valence-corrected chi connectivity index (χ3v) is 3.65. The minimum Gasteiger partial charge on any atom is -0.376 e. The number of rotatable bonds is 4. The molecule has 5 nitrogen and oxygen atoms in total. The standard InChI is InChI=1S/C13H17F2N3O2/c1-13(5-2-6-16-7-13)8-17-12-10(18(19)20)4-3-9(14)11(12)15/h3-4,16-17H,2,5-8H2,1H3. The predicted octanol–water partition coefficient (Wildman–Crippen LogP) is 2.67. The van der Waals surface area contributed by atoms with E-state index in [0.29, 0.717) is 6.54 Å². The molecule has 0 amide bonds. The van der Waals surface area contributed by atoms with E-state index in [2.05, 4.69) is 10.6 Å². The monoisotopic (exact) mass is 285 g/mol. The van der Waals surface area contributed by atoms with Crippen LogP contribution in [0, 0.1) is 27.2 Å². The number of hydrogen-bond donors (Lipinski definition) is 2. The van der Waals surface area contributed by atoms with Gasteiger partial charge in [0.05, 0.1) is 4.92 Å². The smallest absolute Gasteiger partial charge is 0.295 e. The van der Waals surface area contributed by atoms with Gasteiger partial charge in [0, 0.05) is 19.2 Å². The molecule has 0 aliphatic carbocycles. The first kappa shape index (κ1) is 14.6. The molecule has 2 N–H and O–H groups in total. The molecule has 1 aliphatic heterocycles. The van der Waals surface area contributed by atoms with Crippen molar-refractivity contribution in [3.63, 3.8) is 0 Å². The highest BCUT2D eigenvalue weighted by Gasteiger charge is 2.29. The summed E-state index contributed by atoms with van der Waals surface area (Å²) in [5.74, 6) is -2.29. The molecule has 7 heteroatoms. The number of hydrogen-bond acceptors (Lipinski definition) is 4. The van der Waals surface area contributed by atoms with Gasteiger partial charge in [0.1, 0.15) is 0 Å². The average molecular weight is 285 g/mol. The van der Waals surface area contributed by atoms with Gasteiger partial charge in [-0.15, -0.1) is 0 Å². The summed E-state index contributed by atoms with van der Waals surface area (Å²) in [5.41, 5.74) is -0.955. The normalized spacial score (nSPS) is 22.6. The second kappa shape index (κ2) is 5.70. The van der Waals surface area contributed by atoms with Gasteiger partial charge in [0.2, 0.25) is 0 Å². The van der Waals surface area contributed by atoms with E-state index in [-0.39, 0.29) is 11.1 Å². The van der Waals surface area contributed by atoms with Crippen LogP contribution in [-0.4, -0.2) is 24.6 Å². The Balaban J connectivity index is 2.20. The van der Waals surface area contributed by atoms with Crippen molar-refractivity contribution in [3.05, 3.63) is 33.9 Å². The number of piperidine rings is 1. The fraction of sp³-hybridized carbons (Fsp3) is 0.538. The van der Waals surface area contributed by atoms with E-state index in [1.165, 1.54) is 0 Å². The van der Waals surface area contributed by atoms with Gasteiger partial charge in [0.15, 0.2) is 17.3 Å². The van der Waals surface area contributed by atoms with Gasteiger partial charge in [-0.05, 0) is 30.9 Å². The maximum atomic E-state index is 13.7. The topological polar surface area (TPSA) is 67.2 Å². The van der Waals surface area contributed by atoms with Crippen LogP contribution in [0.5, 0.6) is 0 Å². The number of anilines is 1. The largest absolute Gasteiger partial charge is 0.376 e. The van der Waals surface area contributed by atoms with Crippen LogP contribution in [0.3, 0.4) is 0 Å². The molecule has 20 heavy (non-hydrogen) atoms. The molecule has 1 unspecified atom stereocenters. The van der Waals surface area contributed by atoms with Crippen LogP contribution in [-0.2, 0) is 0 Å². The molecule has 1 aromatic carbocycles. The molecule has 1 aliphatic rings. The summed E-state index contributed by atoms with van der Waals surface area (Å²) < 4.78 is 27.0. The Morgan fingerprint density at radius 3 is 2.85 bits per heavy atom. The number of nitrogens with one attached hydrogen (secondary N) is 2. The summed E-state index contributed by atoms with van der Waals surface area (Å²) in [4.78, 5) is 10.2.